The molecule has 1 aliphatic carbocycles. The van der Waals surface area contributed by atoms with Crippen molar-refractivity contribution in [1.82, 2.24) is 15.3 Å². The summed E-state index contributed by atoms with van der Waals surface area (Å²) in [7, 11) is 0. The largest absolute Gasteiger partial charge is 0.353 e. The van der Waals surface area contributed by atoms with E-state index in [1.807, 2.05) is 0 Å². The van der Waals surface area contributed by atoms with Crippen LogP contribution in [0.25, 0.3) is 0 Å². The lowest BCUT2D eigenvalue weighted by molar-refractivity contribution is -0.121. The van der Waals surface area contributed by atoms with Crippen molar-refractivity contribution >= 4 is 5.91 Å². The zero-order chi connectivity index (χ0) is 13.1. The topological polar surface area (TPSA) is 94.8 Å². The first-order valence-electron chi connectivity index (χ1n) is 6.15. The monoisotopic (exact) mass is 251 g/mol. The van der Waals surface area contributed by atoms with Gasteiger partial charge < -0.3 is 10.3 Å². The molecule has 1 fully saturated rings. The highest BCUT2D eigenvalue weighted by molar-refractivity contribution is 5.78. The van der Waals surface area contributed by atoms with Crippen LogP contribution in [-0.2, 0) is 11.2 Å². The fourth-order valence-corrected chi connectivity index (χ4v) is 2.40. The Balaban J connectivity index is 1.94. The summed E-state index contributed by atoms with van der Waals surface area (Å²) in [5.41, 5.74) is -0.733. The minimum atomic E-state index is -0.584. The van der Waals surface area contributed by atoms with Crippen LogP contribution >= 0.6 is 0 Å². The molecule has 1 heterocycles. The molecular formula is C12H17N3O3. The Kier molecular flexibility index (Phi) is 3.64. The predicted molar refractivity (Wildman–Crippen MR) is 66.3 cm³/mol. The van der Waals surface area contributed by atoms with E-state index in [0.29, 0.717) is 11.6 Å². The summed E-state index contributed by atoms with van der Waals surface area (Å²) in [6.45, 7) is 2.17. The molecule has 0 spiro atoms. The Morgan fingerprint density at radius 3 is 2.78 bits per heavy atom. The van der Waals surface area contributed by atoms with Crippen molar-refractivity contribution < 1.29 is 4.79 Å². The van der Waals surface area contributed by atoms with Crippen LogP contribution in [0.3, 0.4) is 0 Å². The van der Waals surface area contributed by atoms with Crippen molar-refractivity contribution in [1.29, 1.82) is 0 Å². The maximum absolute atomic E-state index is 11.8. The van der Waals surface area contributed by atoms with Gasteiger partial charge in [-0.25, -0.2) is 4.79 Å². The molecule has 0 aliphatic heterocycles. The average molecular weight is 251 g/mol. The first kappa shape index (κ1) is 12.6. The second-order valence-corrected chi connectivity index (χ2v) is 4.97. The number of carbonyl (C=O) groups excluding carboxylic acids is 1. The molecule has 1 aromatic heterocycles. The lowest BCUT2D eigenvalue weighted by Gasteiger charge is -2.12. The standard InChI is InChI=1S/C12H17N3O3/c1-7-2-3-8(4-7)13-10(16)5-9-6-11(17)15-12(18)14-9/h6-8H,2-5H2,1H3,(H,13,16)(H2,14,15,17,18). The zero-order valence-electron chi connectivity index (χ0n) is 10.3. The Morgan fingerprint density at radius 1 is 1.39 bits per heavy atom. The average Bonchev–Trinajstić information content (AvgIpc) is 2.61. The van der Waals surface area contributed by atoms with Gasteiger partial charge in [0, 0.05) is 17.8 Å². The highest BCUT2D eigenvalue weighted by Gasteiger charge is 2.22. The van der Waals surface area contributed by atoms with E-state index in [2.05, 4.69) is 22.2 Å². The van der Waals surface area contributed by atoms with Gasteiger partial charge in [0.25, 0.3) is 5.56 Å². The first-order valence-corrected chi connectivity index (χ1v) is 6.15. The lowest BCUT2D eigenvalue weighted by Crippen LogP contribution is -2.35. The van der Waals surface area contributed by atoms with Crippen molar-refractivity contribution in [3.8, 4) is 0 Å². The van der Waals surface area contributed by atoms with E-state index in [0.717, 1.165) is 19.3 Å². The summed E-state index contributed by atoms with van der Waals surface area (Å²) >= 11 is 0. The molecule has 98 valence electrons. The van der Waals surface area contributed by atoms with E-state index < -0.39 is 11.2 Å². The molecule has 18 heavy (non-hydrogen) atoms. The van der Waals surface area contributed by atoms with Crippen molar-refractivity contribution in [2.24, 2.45) is 5.92 Å². The van der Waals surface area contributed by atoms with E-state index >= 15 is 0 Å². The van der Waals surface area contributed by atoms with E-state index in [9.17, 15) is 14.4 Å². The Hall–Kier alpha value is -1.85. The molecule has 0 saturated heterocycles. The van der Waals surface area contributed by atoms with Gasteiger partial charge in [0.1, 0.15) is 0 Å². The molecule has 2 rings (SSSR count). The SMILES string of the molecule is CC1CCC(NC(=O)Cc2cc(=O)[nH]c(=O)[nH]2)C1. The van der Waals surface area contributed by atoms with Gasteiger partial charge in [-0.05, 0) is 25.2 Å². The number of amides is 1. The molecule has 1 amide bonds. The second kappa shape index (κ2) is 5.20. The maximum Gasteiger partial charge on any atom is 0.325 e. The zero-order valence-corrected chi connectivity index (χ0v) is 10.3. The number of carbonyl (C=O) groups is 1. The van der Waals surface area contributed by atoms with Gasteiger partial charge in [-0.2, -0.15) is 0 Å². The molecule has 1 saturated carbocycles. The Bertz CT molecular complexity index is 518. The van der Waals surface area contributed by atoms with Crippen LogP contribution in [0.2, 0.25) is 0 Å². The number of hydrogen-bond donors (Lipinski definition) is 3. The van der Waals surface area contributed by atoms with E-state index in [1.165, 1.54) is 6.07 Å². The minimum Gasteiger partial charge on any atom is -0.353 e. The van der Waals surface area contributed by atoms with Crippen molar-refractivity contribution in [3.63, 3.8) is 0 Å². The van der Waals surface area contributed by atoms with Crippen LogP contribution < -0.4 is 16.6 Å². The van der Waals surface area contributed by atoms with Gasteiger partial charge in [-0.15, -0.1) is 0 Å². The number of H-pyrrole nitrogens is 2. The summed E-state index contributed by atoms with van der Waals surface area (Å²) in [4.78, 5) is 38.4. The number of aromatic amines is 2. The lowest BCUT2D eigenvalue weighted by atomic mass is 10.1. The molecule has 1 aliphatic rings. The van der Waals surface area contributed by atoms with Crippen LogP contribution in [0.1, 0.15) is 31.9 Å². The van der Waals surface area contributed by atoms with Crippen LogP contribution in [-0.4, -0.2) is 21.9 Å². The summed E-state index contributed by atoms with van der Waals surface area (Å²) in [6, 6.07) is 1.46. The minimum absolute atomic E-state index is 0.0318. The van der Waals surface area contributed by atoms with Gasteiger partial charge in [-0.3, -0.25) is 14.6 Å². The molecule has 0 aromatic carbocycles. The Labute approximate surface area is 104 Å². The van der Waals surface area contributed by atoms with E-state index in [1.54, 1.807) is 0 Å². The van der Waals surface area contributed by atoms with Crippen molar-refractivity contribution in [2.75, 3.05) is 0 Å². The van der Waals surface area contributed by atoms with Gasteiger partial charge in [0.2, 0.25) is 5.91 Å². The fraction of sp³-hybridized carbons (Fsp3) is 0.583. The highest BCUT2D eigenvalue weighted by atomic mass is 16.2. The van der Waals surface area contributed by atoms with Crippen LogP contribution in [0.4, 0.5) is 0 Å². The van der Waals surface area contributed by atoms with E-state index in [-0.39, 0.29) is 18.4 Å². The van der Waals surface area contributed by atoms with Crippen LogP contribution in [0, 0.1) is 5.92 Å². The van der Waals surface area contributed by atoms with Crippen molar-refractivity contribution in [2.45, 2.75) is 38.6 Å². The van der Waals surface area contributed by atoms with Gasteiger partial charge in [0.15, 0.2) is 0 Å². The number of nitrogens with one attached hydrogen (secondary N) is 3. The molecule has 2 unspecified atom stereocenters. The fourth-order valence-electron chi connectivity index (χ4n) is 2.40. The smallest absolute Gasteiger partial charge is 0.325 e. The Morgan fingerprint density at radius 2 is 2.17 bits per heavy atom. The first-order chi connectivity index (χ1) is 8.52. The molecule has 6 heteroatoms. The van der Waals surface area contributed by atoms with Gasteiger partial charge >= 0.3 is 5.69 Å². The molecular weight excluding hydrogens is 234 g/mol. The summed E-state index contributed by atoms with van der Waals surface area (Å²) < 4.78 is 0. The quantitative estimate of drug-likeness (QED) is 0.700. The summed E-state index contributed by atoms with van der Waals surface area (Å²) in [6.07, 6.45) is 3.16. The number of aromatic nitrogens is 2. The van der Waals surface area contributed by atoms with Crippen LogP contribution in [0.15, 0.2) is 15.7 Å². The molecule has 0 bridgehead atoms. The molecule has 3 N–H and O–H groups in total. The third kappa shape index (κ3) is 3.32. The third-order valence-electron chi connectivity index (χ3n) is 3.23. The molecule has 0 radical (unpaired) electrons. The number of hydrogen-bond acceptors (Lipinski definition) is 3. The normalized spacial score (nSPS) is 22.9. The van der Waals surface area contributed by atoms with Gasteiger partial charge in [0.05, 0.1) is 6.42 Å². The highest BCUT2D eigenvalue weighted by Crippen LogP contribution is 2.24. The number of rotatable bonds is 3. The summed E-state index contributed by atoms with van der Waals surface area (Å²) in [5.74, 6) is 0.491. The van der Waals surface area contributed by atoms with E-state index in [4.69, 9.17) is 0 Å². The molecule has 6 nitrogen and oxygen atoms in total. The predicted octanol–water partition coefficient (Wildman–Crippen LogP) is -0.0895. The van der Waals surface area contributed by atoms with Crippen LogP contribution in [0.5, 0.6) is 0 Å². The van der Waals surface area contributed by atoms with Gasteiger partial charge in [-0.1, -0.05) is 6.92 Å². The molecule has 2 atom stereocenters. The van der Waals surface area contributed by atoms with Crippen molar-refractivity contribution in [3.05, 3.63) is 32.6 Å². The molecule has 1 aromatic rings. The summed E-state index contributed by atoms with van der Waals surface area (Å²) in [5, 5.41) is 2.92. The third-order valence-corrected chi connectivity index (χ3v) is 3.23. The second-order valence-electron chi connectivity index (χ2n) is 4.97. The maximum atomic E-state index is 11.8.